The summed E-state index contributed by atoms with van der Waals surface area (Å²) in [5, 5.41) is 6.98. The Morgan fingerprint density at radius 2 is 1.14 bits per heavy atom. The van der Waals surface area contributed by atoms with Crippen LogP contribution in [0.25, 0.3) is 54.6 Å². The minimum absolute atomic E-state index is 0.941. The first-order valence-corrected chi connectivity index (χ1v) is 10.3. The van der Waals surface area contributed by atoms with Gasteiger partial charge in [0.15, 0.2) is 0 Å². The van der Waals surface area contributed by atoms with Gasteiger partial charge in [-0.25, -0.2) is 4.98 Å². The van der Waals surface area contributed by atoms with E-state index in [9.17, 15) is 0 Å². The highest BCUT2D eigenvalue weighted by molar-refractivity contribution is 9.10. The van der Waals surface area contributed by atoms with Crippen molar-refractivity contribution >= 4 is 59.3 Å². The van der Waals surface area contributed by atoms with Gasteiger partial charge in [0.2, 0.25) is 0 Å². The van der Waals surface area contributed by atoms with Crippen molar-refractivity contribution in [2.24, 2.45) is 0 Å². The van der Waals surface area contributed by atoms with Crippen LogP contribution in [0.15, 0.2) is 95.6 Å². The predicted octanol–water partition coefficient (Wildman–Crippen LogP) is 7.52. The molecule has 0 N–H and O–H groups in total. The Labute approximate surface area is 176 Å². The summed E-state index contributed by atoms with van der Waals surface area (Å²) < 4.78 is 1.13. The van der Waals surface area contributed by atoms with E-state index in [0.717, 1.165) is 37.5 Å². The van der Waals surface area contributed by atoms with Gasteiger partial charge >= 0.3 is 0 Å². The molecule has 0 amide bonds. The van der Waals surface area contributed by atoms with E-state index in [1.54, 1.807) is 0 Å². The first-order chi connectivity index (χ1) is 14.3. The van der Waals surface area contributed by atoms with Crippen LogP contribution in [0, 0.1) is 0 Å². The Kier molecular flexibility index (Phi) is 3.65. The Bertz CT molecular complexity index is 1510. The molecule has 0 saturated carbocycles. The van der Waals surface area contributed by atoms with Gasteiger partial charge in [-0.3, -0.25) is 4.98 Å². The standard InChI is InChI=1S/C26H15BrN2/c27-24-20-9-3-1-7-18(20)23(19-8-2-4-10-21(19)24)22-14-13-17-12-11-16-6-5-15-28-25(16)26(17)29-22/h1-15H. The molecule has 0 aliphatic heterocycles. The zero-order valence-corrected chi connectivity index (χ0v) is 17.0. The number of halogens is 1. The molecular formula is C26H15BrN2. The molecule has 6 aromatic rings. The number of nitrogens with zero attached hydrogens (tertiary/aromatic N) is 2. The smallest absolute Gasteiger partial charge is 0.0972 e. The van der Waals surface area contributed by atoms with E-state index in [-0.39, 0.29) is 0 Å². The monoisotopic (exact) mass is 434 g/mol. The number of hydrogen-bond donors (Lipinski definition) is 0. The van der Waals surface area contributed by atoms with E-state index < -0.39 is 0 Å². The number of aromatic nitrogens is 2. The molecule has 2 heterocycles. The fourth-order valence-electron chi connectivity index (χ4n) is 4.21. The molecule has 4 aromatic carbocycles. The largest absolute Gasteiger partial charge is 0.254 e. The molecule has 0 bridgehead atoms. The third-order valence-corrected chi connectivity index (χ3v) is 6.41. The number of rotatable bonds is 1. The SMILES string of the molecule is Brc1c2ccccc2c(-c2ccc3ccc4cccnc4c3n2)c2ccccc12. The minimum Gasteiger partial charge on any atom is -0.254 e. The van der Waals surface area contributed by atoms with Crippen LogP contribution in [-0.2, 0) is 0 Å². The van der Waals surface area contributed by atoms with Crippen LogP contribution in [-0.4, -0.2) is 9.97 Å². The lowest BCUT2D eigenvalue weighted by Gasteiger charge is -2.14. The molecule has 2 aromatic heterocycles. The van der Waals surface area contributed by atoms with Crippen molar-refractivity contribution in [1.29, 1.82) is 0 Å². The zero-order valence-electron chi connectivity index (χ0n) is 15.4. The number of fused-ring (bicyclic) bond motifs is 5. The van der Waals surface area contributed by atoms with Gasteiger partial charge in [-0.1, -0.05) is 72.8 Å². The van der Waals surface area contributed by atoms with Crippen LogP contribution in [0.1, 0.15) is 0 Å². The van der Waals surface area contributed by atoms with E-state index in [0.29, 0.717) is 0 Å². The summed E-state index contributed by atoms with van der Waals surface area (Å²) in [7, 11) is 0. The van der Waals surface area contributed by atoms with Gasteiger partial charge in [0.25, 0.3) is 0 Å². The third kappa shape index (κ3) is 2.48. The molecule has 0 atom stereocenters. The second kappa shape index (κ2) is 6.36. The second-order valence-corrected chi connectivity index (χ2v) is 7.98. The maximum absolute atomic E-state index is 5.13. The Hall–Kier alpha value is -3.30. The zero-order chi connectivity index (χ0) is 19.4. The van der Waals surface area contributed by atoms with E-state index >= 15 is 0 Å². The van der Waals surface area contributed by atoms with Crippen molar-refractivity contribution in [2.45, 2.75) is 0 Å². The fourth-order valence-corrected chi connectivity index (χ4v) is 4.91. The van der Waals surface area contributed by atoms with Gasteiger partial charge in [-0.05, 0) is 49.6 Å². The van der Waals surface area contributed by atoms with Gasteiger partial charge in [-0.15, -0.1) is 0 Å². The van der Waals surface area contributed by atoms with Gasteiger partial charge in [0, 0.05) is 27.0 Å². The van der Waals surface area contributed by atoms with Crippen molar-refractivity contribution in [1.82, 2.24) is 9.97 Å². The summed E-state index contributed by atoms with van der Waals surface area (Å²) in [6.45, 7) is 0. The minimum atomic E-state index is 0.941. The summed E-state index contributed by atoms with van der Waals surface area (Å²) >= 11 is 3.83. The van der Waals surface area contributed by atoms with E-state index in [4.69, 9.17) is 4.98 Å². The quantitative estimate of drug-likeness (QED) is 0.197. The summed E-state index contributed by atoms with van der Waals surface area (Å²) in [4.78, 5) is 9.74. The molecule has 0 fully saturated rings. The average molecular weight is 435 g/mol. The molecule has 29 heavy (non-hydrogen) atoms. The van der Waals surface area contributed by atoms with Gasteiger partial charge < -0.3 is 0 Å². The lowest BCUT2D eigenvalue weighted by atomic mass is 9.94. The fraction of sp³-hybridized carbons (Fsp3) is 0. The normalized spacial score (nSPS) is 11.6. The summed E-state index contributed by atoms with van der Waals surface area (Å²) in [6, 6.07) is 29.6. The van der Waals surface area contributed by atoms with Gasteiger partial charge in [-0.2, -0.15) is 0 Å². The van der Waals surface area contributed by atoms with Crippen molar-refractivity contribution in [2.75, 3.05) is 0 Å². The second-order valence-electron chi connectivity index (χ2n) is 7.19. The maximum Gasteiger partial charge on any atom is 0.0972 e. The molecule has 0 aliphatic carbocycles. The first-order valence-electron chi connectivity index (χ1n) is 9.55. The van der Waals surface area contributed by atoms with E-state index in [1.165, 1.54) is 21.5 Å². The van der Waals surface area contributed by atoms with Crippen molar-refractivity contribution in [3.63, 3.8) is 0 Å². The maximum atomic E-state index is 5.13. The molecular weight excluding hydrogens is 420 g/mol. The van der Waals surface area contributed by atoms with Crippen LogP contribution in [0.4, 0.5) is 0 Å². The number of pyridine rings is 2. The van der Waals surface area contributed by atoms with E-state index in [2.05, 4.69) is 99.8 Å². The molecule has 6 rings (SSSR count). The van der Waals surface area contributed by atoms with Crippen LogP contribution >= 0.6 is 15.9 Å². The molecule has 0 aliphatic rings. The topological polar surface area (TPSA) is 25.8 Å². The van der Waals surface area contributed by atoms with Gasteiger partial charge in [0.1, 0.15) is 0 Å². The summed E-state index contributed by atoms with van der Waals surface area (Å²) in [6.07, 6.45) is 1.83. The van der Waals surface area contributed by atoms with Gasteiger partial charge in [0.05, 0.1) is 16.7 Å². The van der Waals surface area contributed by atoms with Crippen LogP contribution in [0.2, 0.25) is 0 Å². The van der Waals surface area contributed by atoms with Crippen LogP contribution < -0.4 is 0 Å². The van der Waals surface area contributed by atoms with Crippen LogP contribution in [0.3, 0.4) is 0 Å². The third-order valence-electron chi connectivity index (χ3n) is 5.55. The molecule has 3 heteroatoms. The molecule has 0 saturated heterocycles. The average Bonchev–Trinajstić information content (AvgIpc) is 2.79. The predicted molar refractivity (Wildman–Crippen MR) is 125 cm³/mol. The molecule has 0 spiro atoms. The highest BCUT2D eigenvalue weighted by Crippen LogP contribution is 2.41. The molecule has 136 valence electrons. The van der Waals surface area contributed by atoms with Crippen molar-refractivity contribution in [3.05, 3.63) is 95.6 Å². The van der Waals surface area contributed by atoms with Crippen LogP contribution in [0.5, 0.6) is 0 Å². The number of hydrogen-bond acceptors (Lipinski definition) is 2. The first kappa shape index (κ1) is 16.6. The lowest BCUT2D eigenvalue weighted by Crippen LogP contribution is -1.92. The van der Waals surface area contributed by atoms with Crippen molar-refractivity contribution in [3.8, 4) is 11.3 Å². The summed E-state index contributed by atoms with van der Waals surface area (Å²) in [5.41, 5.74) is 4.01. The van der Waals surface area contributed by atoms with E-state index in [1.807, 2.05) is 12.3 Å². The Morgan fingerprint density at radius 3 is 1.83 bits per heavy atom. The van der Waals surface area contributed by atoms with Crippen molar-refractivity contribution < 1.29 is 0 Å². The molecule has 0 radical (unpaired) electrons. The highest BCUT2D eigenvalue weighted by Gasteiger charge is 2.15. The number of benzene rings is 4. The Morgan fingerprint density at radius 1 is 0.552 bits per heavy atom. The molecule has 0 unspecified atom stereocenters. The highest BCUT2D eigenvalue weighted by atomic mass is 79.9. The summed E-state index contributed by atoms with van der Waals surface area (Å²) in [5.74, 6) is 0. The Balaban J connectivity index is 1.79. The lowest BCUT2D eigenvalue weighted by molar-refractivity contribution is 1.38. The molecule has 2 nitrogen and oxygen atoms in total.